The number of hydrogen-bond acceptors (Lipinski definition) is 3. The molecule has 5 nitrogen and oxygen atoms in total. The van der Waals surface area contributed by atoms with Gasteiger partial charge in [-0.15, -0.1) is 0 Å². The second-order valence-electron chi connectivity index (χ2n) is 8.11. The summed E-state index contributed by atoms with van der Waals surface area (Å²) in [6.45, 7) is 4.04. The lowest BCUT2D eigenvalue weighted by atomic mass is 9.97. The monoisotopic (exact) mass is 416 g/mol. The van der Waals surface area contributed by atoms with Crippen molar-refractivity contribution >= 4 is 22.6 Å². The van der Waals surface area contributed by atoms with Crippen molar-refractivity contribution in [2.75, 3.05) is 20.2 Å². The van der Waals surface area contributed by atoms with Crippen LogP contribution in [0.3, 0.4) is 0 Å². The van der Waals surface area contributed by atoms with E-state index in [4.69, 9.17) is 4.74 Å². The van der Waals surface area contributed by atoms with Gasteiger partial charge in [0.15, 0.2) is 0 Å². The van der Waals surface area contributed by atoms with E-state index in [0.717, 1.165) is 53.6 Å². The van der Waals surface area contributed by atoms with Gasteiger partial charge in [0.1, 0.15) is 5.75 Å². The van der Waals surface area contributed by atoms with Crippen LogP contribution in [0.25, 0.3) is 10.8 Å². The number of likely N-dealkylation sites (tertiary alicyclic amines) is 1. The molecule has 1 aliphatic heterocycles. The van der Waals surface area contributed by atoms with Crippen molar-refractivity contribution in [3.8, 4) is 5.75 Å². The SMILES string of the molecule is COc1ccc2cc([C@H](C)C(=O)NCc3ccc(C(=O)N4CCCC4)cc3)ccc2c1. The van der Waals surface area contributed by atoms with Gasteiger partial charge in [0.05, 0.1) is 13.0 Å². The summed E-state index contributed by atoms with van der Waals surface area (Å²) in [7, 11) is 1.65. The van der Waals surface area contributed by atoms with Gasteiger partial charge in [0.25, 0.3) is 5.91 Å². The zero-order valence-electron chi connectivity index (χ0n) is 18.1. The number of nitrogens with zero attached hydrogens (tertiary/aromatic N) is 1. The van der Waals surface area contributed by atoms with Crippen LogP contribution in [0.4, 0.5) is 0 Å². The second-order valence-corrected chi connectivity index (χ2v) is 8.11. The van der Waals surface area contributed by atoms with Gasteiger partial charge in [-0.1, -0.05) is 36.4 Å². The van der Waals surface area contributed by atoms with Crippen molar-refractivity contribution in [2.24, 2.45) is 0 Å². The lowest BCUT2D eigenvalue weighted by Gasteiger charge is -2.16. The minimum atomic E-state index is -0.262. The van der Waals surface area contributed by atoms with E-state index in [1.54, 1.807) is 7.11 Å². The van der Waals surface area contributed by atoms with Crippen molar-refractivity contribution in [2.45, 2.75) is 32.2 Å². The minimum Gasteiger partial charge on any atom is -0.497 e. The van der Waals surface area contributed by atoms with Gasteiger partial charge in [0, 0.05) is 25.2 Å². The molecule has 0 aromatic heterocycles. The lowest BCUT2D eigenvalue weighted by molar-refractivity contribution is -0.122. The number of benzene rings is 3. The summed E-state index contributed by atoms with van der Waals surface area (Å²) in [5.74, 6) is 0.627. The summed E-state index contributed by atoms with van der Waals surface area (Å²) < 4.78 is 5.27. The average Bonchev–Trinajstić information content (AvgIpc) is 3.36. The van der Waals surface area contributed by atoms with E-state index < -0.39 is 0 Å². The van der Waals surface area contributed by atoms with Crippen LogP contribution in [0.5, 0.6) is 5.75 Å². The first-order valence-electron chi connectivity index (χ1n) is 10.8. The molecule has 0 aliphatic carbocycles. The first-order chi connectivity index (χ1) is 15.0. The molecule has 1 fully saturated rings. The van der Waals surface area contributed by atoms with Gasteiger partial charge in [0.2, 0.25) is 5.91 Å². The summed E-state index contributed by atoms with van der Waals surface area (Å²) in [6.07, 6.45) is 2.17. The minimum absolute atomic E-state index is 0.0231. The Morgan fingerprint density at radius 3 is 2.35 bits per heavy atom. The maximum Gasteiger partial charge on any atom is 0.253 e. The van der Waals surface area contributed by atoms with E-state index in [9.17, 15) is 9.59 Å². The standard InChI is InChI=1S/C26H28N2O3/c1-18(21-9-10-23-16-24(31-2)12-11-22(23)15-21)25(29)27-17-19-5-7-20(8-6-19)26(30)28-13-3-4-14-28/h5-12,15-16,18H,3-4,13-14,17H2,1-2H3,(H,27,29)/t18-/m0/s1. The third-order valence-electron chi connectivity index (χ3n) is 6.03. The summed E-state index contributed by atoms with van der Waals surface area (Å²) >= 11 is 0. The smallest absolute Gasteiger partial charge is 0.253 e. The van der Waals surface area contributed by atoms with Crippen LogP contribution in [0.2, 0.25) is 0 Å². The summed E-state index contributed by atoms with van der Waals surface area (Å²) in [5.41, 5.74) is 2.66. The third kappa shape index (κ3) is 4.71. The van der Waals surface area contributed by atoms with Crippen molar-refractivity contribution < 1.29 is 14.3 Å². The van der Waals surface area contributed by atoms with E-state index >= 15 is 0 Å². The molecule has 5 heteroatoms. The molecule has 4 rings (SSSR count). The summed E-state index contributed by atoms with van der Waals surface area (Å²) in [5, 5.41) is 5.18. The van der Waals surface area contributed by atoms with Crippen LogP contribution in [0, 0.1) is 0 Å². The Hall–Kier alpha value is -3.34. The highest BCUT2D eigenvalue weighted by molar-refractivity contribution is 5.94. The molecule has 0 unspecified atom stereocenters. The van der Waals surface area contributed by atoms with E-state index in [-0.39, 0.29) is 17.7 Å². The molecule has 0 spiro atoms. The van der Waals surface area contributed by atoms with Gasteiger partial charge in [-0.25, -0.2) is 0 Å². The Labute approximate surface area is 183 Å². The molecule has 1 saturated heterocycles. The van der Waals surface area contributed by atoms with Gasteiger partial charge >= 0.3 is 0 Å². The molecule has 0 saturated carbocycles. The molecule has 3 aromatic carbocycles. The van der Waals surface area contributed by atoms with Crippen molar-refractivity contribution in [1.82, 2.24) is 10.2 Å². The predicted octanol–water partition coefficient (Wildman–Crippen LogP) is 4.50. The number of nitrogens with one attached hydrogen (secondary N) is 1. The lowest BCUT2D eigenvalue weighted by Crippen LogP contribution is -2.28. The van der Waals surface area contributed by atoms with Crippen molar-refractivity contribution in [1.29, 1.82) is 0 Å². The zero-order valence-corrected chi connectivity index (χ0v) is 18.1. The topological polar surface area (TPSA) is 58.6 Å². The predicted molar refractivity (Wildman–Crippen MR) is 122 cm³/mol. The highest BCUT2D eigenvalue weighted by Gasteiger charge is 2.19. The van der Waals surface area contributed by atoms with Crippen LogP contribution < -0.4 is 10.1 Å². The maximum absolute atomic E-state index is 12.7. The molecular weight excluding hydrogens is 388 g/mol. The van der Waals surface area contributed by atoms with E-state index in [1.807, 2.05) is 66.4 Å². The number of carbonyl (C=O) groups excluding carboxylic acids is 2. The molecule has 2 amide bonds. The highest BCUT2D eigenvalue weighted by Crippen LogP contribution is 2.25. The third-order valence-corrected chi connectivity index (χ3v) is 6.03. The number of amides is 2. The molecule has 1 N–H and O–H groups in total. The fourth-order valence-corrected chi connectivity index (χ4v) is 4.00. The Kier molecular flexibility index (Phi) is 6.21. The normalized spacial score (nSPS) is 14.5. The molecule has 1 aliphatic rings. The number of carbonyl (C=O) groups is 2. The fourth-order valence-electron chi connectivity index (χ4n) is 4.00. The number of ether oxygens (including phenoxy) is 1. The fraction of sp³-hybridized carbons (Fsp3) is 0.308. The summed E-state index contributed by atoms with van der Waals surface area (Å²) in [4.78, 5) is 27.1. The van der Waals surface area contributed by atoms with Crippen LogP contribution in [0.1, 0.15) is 47.2 Å². The maximum atomic E-state index is 12.7. The zero-order chi connectivity index (χ0) is 21.8. The average molecular weight is 417 g/mol. The van der Waals surface area contributed by atoms with Gasteiger partial charge in [-0.3, -0.25) is 9.59 Å². The molecule has 1 heterocycles. The van der Waals surface area contributed by atoms with Gasteiger partial charge in [-0.2, -0.15) is 0 Å². The van der Waals surface area contributed by atoms with Crippen LogP contribution in [-0.4, -0.2) is 36.9 Å². The van der Waals surface area contributed by atoms with Gasteiger partial charge < -0.3 is 15.0 Å². The molecule has 0 bridgehead atoms. The quantitative estimate of drug-likeness (QED) is 0.643. The molecule has 3 aromatic rings. The number of hydrogen-bond donors (Lipinski definition) is 1. The number of fused-ring (bicyclic) bond motifs is 1. The van der Waals surface area contributed by atoms with Crippen LogP contribution in [0.15, 0.2) is 60.7 Å². The molecule has 31 heavy (non-hydrogen) atoms. The molecule has 160 valence electrons. The Bertz CT molecular complexity index is 1090. The molecule has 0 radical (unpaired) electrons. The Morgan fingerprint density at radius 1 is 0.968 bits per heavy atom. The van der Waals surface area contributed by atoms with Crippen LogP contribution >= 0.6 is 0 Å². The first-order valence-corrected chi connectivity index (χ1v) is 10.8. The van der Waals surface area contributed by atoms with Crippen molar-refractivity contribution in [3.63, 3.8) is 0 Å². The van der Waals surface area contributed by atoms with Crippen molar-refractivity contribution in [3.05, 3.63) is 77.4 Å². The van der Waals surface area contributed by atoms with E-state index in [1.165, 1.54) is 0 Å². The highest BCUT2D eigenvalue weighted by atomic mass is 16.5. The largest absolute Gasteiger partial charge is 0.497 e. The number of methoxy groups -OCH3 is 1. The molecule has 1 atom stereocenters. The van der Waals surface area contributed by atoms with Crippen LogP contribution in [-0.2, 0) is 11.3 Å². The van der Waals surface area contributed by atoms with E-state index in [2.05, 4.69) is 11.4 Å². The first kappa shape index (κ1) is 20.9. The van der Waals surface area contributed by atoms with E-state index in [0.29, 0.717) is 12.1 Å². The Balaban J connectivity index is 1.36. The second kappa shape index (κ2) is 9.21. The van der Waals surface area contributed by atoms with Gasteiger partial charge in [-0.05, 0) is 65.9 Å². The molecular formula is C26H28N2O3. The Morgan fingerprint density at radius 2 is 1.65 bits per heavy atom. The summed E-state index contributed by atoms with van der Waals surface area (Å²) in [6, 6.07) is 19.5. The number of rotatable bonds is 6.